The summed E-state index contributed by atoms with van der Waals surface area (Å²) in [5, 5.41) is 14.2. The molecule has 2 rings (SSSR count). The van der Waals surface area contributed by atoms with Crippen LogP contribution >= 0.6 is 0 Å². The van der Waals surface area contributed by atoms with Gasteiger partial charge in [-0.05, 0) is 25.7 Å². The van der Waals surface area contributed by atoms with Gasteiger partial charge in [-0.25, -0.2) is 10.8 Å². The summed E-state index contributed by atoms with van der Waals surface area (Å²) in [4.78, 5) is 18.7. The fraction of sp³-hybridized carbons (Fsp3) is 0.667. The summed E-state index contributed by atoms with van der Waals surface area (Å²) in [5.74, 6) is 6.25. The van der Waals surface area contributed by atoms with Crippen LogP contribution in [0, 0.1) is 23.0 Å². The van der Waals surface area contributed by atoms with E-state index < -0.39 is 4.92 Å². The van der Waals surface area contributed by atoms with Crippen LogP contribution in [0.3, 0.4) is 0 Å². The first kappa shape index (κ1) is 14.4. The van der Waals surface area contributed by atoms with Gasteiger partial charge in [-0.2, -0.15) is 4.98 Å². The lowest BCUT2D eigenvalue weighted by molar-refractivity contribution is -0.385. The van der Waals surface area contributed by atoms with Crippen LogP contribution < -0.4 is 16.6 Å². The summed E-state index contributed by atoms with van der Waals surface area (Å²) in [6, 6.07) is 0. The Hall–Kier alpha value is -1.96. The predicted octanol–water partition coefficient (Wildman–Crippen LogP) is 1.97. The second-order valence-corrected chi connectivity index (χ2v) is 5.12. The van der Waals surface area contributed by atoms with Crippen LogP contribution in [0.1, 0.15) is 37.8 Å². The molecular weight excluding hydrogens is 260 g/mol. The average Bonchev–Trinajstić information content (AvgIpc) is 2.45. The number of aromatic nitrogens is 2. The van der Waals surface area contributed by atoms with Crippen molar-refractivity contribution in [3.8, 4) is 0 Å². The highest BCUT2D eigenvalue weighted by atomic mass is 16.6. The fourth-order valence-corrected chi connectivity index (χ4v) is 2.61. The normalized spacial score (nSPS) is 15.9. The number of anilines is 2. The van der Waals surface area contributed by atoms with Crippen LogP contribution in [0.5, 0.6) is 0 Å². The Bertz CT molecular complexity index is 487. The monoisotopic (exact) mass is 280 g/mol. The molecule has 8 heteroatoms. The molecule has 0 aromatic carbocycles. The summed E-state index contributed by atoms with van der Waals surface area (Å²) in [6.07, 6.45) is 6.06. The number of nitro groups is 1. The zero-order valence-corrected chi connectivity index (χ0v) is 11.6. The Morgan fingerprint density at radius 2 is 2.05 bits per heavy atom. The van der Waals surface area contributed by atoms with Crippen LogP contribution in [-0.4, -0.2) is 21.4 Å². The Kier molecular flexibility index (Phi) is 4.67. The zero-order chi connectivity index (χ0) is 14.5. The number of hydrogen-bond acceptors (Lipinski definition) is 7. The minimum atomic E-state index is -0.459. The van der Waals surface area contributed by atoms with Crippen molar-refractivity contribution in [2.45, 2.75) is 39.0 Å². The number of hydrogen-bond donors (Lipinski definition) is 3. The second-order valence-electron chi connectivity index (χ2n) is 5.12. The van der Waals surface area contributed by atoms with E-state index in [1.807, 2.05) is 0 Å². The smallest absolute Gasteiger partial charge is 0.332 e. The first-order valence-electron chi connectivity index (χ1n) is 6.85. The number of nitrogens with one attached hydrogen (secondary N) is 2. The molecule has 1 aliphatic rings. The molecule has 110 valence electrons. The lowest BCUT2D eigenvalue weighted by atomic mass is 9.89. The maximum atomic E-state index is 11.1. The van der Waals surface area contributed by atoms with Crippen molar-refractivity contribution in [2.75, 3.05) is 17.3 Å². The van der Waals surface area contributed by atoms with Crippen LogP contribution in [-0.2, 0) is 0 Å². The van der Waals surface area contributed by atoms with Gasteiger partial charge in [-0.1, -0.05) is 19.3 Å². The predicted molar refractivity (Wildman–Crippen MR) is 76.3 cm³/mol. The second kappa shape index (κ2) is 6.47. The molecule has 0 atom stereocenters. The first-order chi connectivity index (χ1) is 9.61. The molecule has 1 heterocycles. The number of rotatable bonds is 5. The minimum absolute atomic E-state index is 0.0835. The molecule has 1 aromatic heterocycles. The van der Waals surface area contributed by atoms with Gasteiger partial charge >= 0.3 is 5.69 Å². The number of nitrogens with two attached hydrogens (primary N) is 1. The highest BCUT2D eigenvalue weighted by Crippen LogP contribution is 2.28. The number of nitrogens with zero attached hydrogens (tertiary/aromatic N) is 3. The largest absolute Gasteiger partial charge is 0.364 e. The molecule has 0 bridgehead atoms. The van der Waals surface area contributed by atoms with E-state index in [4.69, 9.17) is 5.84 Å². The van der Waals surface area contributed by atoms with Crippen molar-refractivity contribution in [3.05, 3.63) is 15.8 Å². The number of aryl methyl sites for hydroxylation is 1. The van der Waals surface area contributed by atoms with Gasteiger partial charge in [0.15, 0.2) is 0 Å². The van der Waals surface area contributed by atoms with Crippen molar-refractivity contribution in [3.63, 3.8) is 0 Å². The minimum Gasteiger partial charge on any atom is -0.364 e. The molecule has 1 aromatic rings. The number of hydrazine groups is 1. The van der Waals surface area contributed by atoms with Crippen molar-refractivity contribution in [1.29, 1.82) is 0 Å². The van der Waals surface area contributed by atoms with E-state index >= 15 is 0 Å². The third-order valence-electron chi connectivity index (χ3n) is 3.65. The van der Waals surface area contributed by atoms with E-state index in [9.17, 15) is 10.1 Å². The molecule has 0 amide bonds. The molecule has 20 heavy (non-hydrogen) atoms. The molecule has 0 spiro atoms. The van der Waals surface area contributed by atoms with Gasteiger partial charge < -0.3 is 5.32 Å². The van der Waals surface area contributed by atoms with Gasteiger partial charge in [0, 0.05) is 6.54 Å². The van der Waals surface area contributed by atoms with Crippen LogP contribution in [0.25, 0.3) is 0 Å². The van der Waals surface area contributed by atoms with Gasteiger partial charge in [0.1, 0.15) is 5.69 Å². The Labute approximate surface area is 117 Å². The molecule has 4 N–H and O–H groups in total. The van der Waals surface area contributed by atoms with Crippen molar-refractivity contribution < 1.29 is 4.92 Å². The van der Waals surface area contributed by atoms with Gasteiger partial charge in [-0.3, -0.25) is 15.5 Å². The van der Waals surface area contributed by atoms with Crippen molar-refractivity contribution in [1.82, 2.24) is 9.97 Å². The van der Waals surface area contributed by atoms with Crippen LogP contribution in [0.2, 0.25) is 0 Å². The van der Waals surface area contributed by atoms with Gasteiger partial charge in [0.2, 0.25) is 11.8 Å². The summed E-state index contributed by atoms with van der Waals surface area (Å²) >= 11 is 0. The van der Waals surface area contributed by atoms with E-state index in [0.29, 0.717) is 18.2 Å². The summed E-state index contributed by atoms with van der Waals surface area (Å²) < 4.78 is 0. The Morgan fingerprint density at radius 1 is 1.35 bits per heavy atom. The van der Waals surface area contributed by atoms with Gasteiger partial charge in [0.25, 0.3) is 0 Å². The molecule has 0 radical (unpaired) electrons. The quantitative estimate of drug-likeness (QED) is 0.428. The van der Waals surface area contributed by atoms with Gasteiger partial charge in [-0.15, -0.1) is 0 Å². The Balaban J connectivity index is 2.15. The molecule has 1 aliphatic carbocycles. The van der Waals surface area contributed by atoms with E-state index in [-0.39, 0.29) is 17.5 Å². The van der Waals surface area contributed by atoms with Crippen LogP contribution in [0.4, 0.5) is 17.5 Å². The maximum Gasteiger partial charge on any atom is 0.332 e. The number of nitrogen functional groups attached to an aromatic ring is 1. The van der Waals surface area contributed by atoms with E-state index in [1.54, 1.807) is 6.92 Å². The summed E-state index contributed by atoms with van der Waals surface area (Å²) in [5.41, 5.74) is 2.54. The molecule has 8 nitrogen and oxygen atoms in total. The van der Waals surface area contributed by atoms with Crippen LogP contribution in [0.15, 0.2) is 0 Å². The van der Waals surface area contributed by atoms with E-state index in [0.717, 1.165) is 12.8 Å². The zero-order valence-electron chi connectivity index (χ0n) is 11.6. The van der Waals surface area contributed by atoms with Gasteiger partial charge in [0.05, 0.1) is 4.92 Å². The average molecular weight is 280 g/mol. The Morgan fingerprint density at radius 3 is 2.65 bits per heavy atom. The summed E-state index contributed by atoms with van der Waals surface area (Å²) in [7, 11) is 0. The fourth-order valence-electron chi connectivity index (χ4n) is 2.61. The summed E-state index contributed by atoms with van der Waals surface area (Å²) in [6.45, 7) is 2.27. The van der Waals surface area contributed by atoms with Crippen molar-refractivity contribution >= 4 is 17.5 Å². The van der Waals surface area contributed by atoms with E-state index in [1.165, 1.54) is 19.3 Å². The molecule has 0 unspecified atom stereocenters. The topological polar surface area (TPSA) is 119 Å². The first-order valence-corrected chi connectivity index (χ1v) is 6.85. The highest BCUT2D eigenvalue weighted by molar-refractivity contribution is 5.60. The molecule has 0 saturated heterocycles. The maximum absolute atomic E-state index is 11.1. The molecule has 1 saturated carbocycles. The SMILES string of the molecule is Cc1nc(NN)nc(NCC2CCCCC2)c1[N+](=O)[O-]. The highest BCUT2D eigenvalue weighted by Gasteiger charge is 2.23. The third-order valence-corrected chi connectivity index (χ3v) is 3.65. The van der Waals surface area contributed by atoms with E-state index in [2.05, 4.69) is 20.7 Å². The molecular formula is C12H20N6O2. The van der Waals surface area contributed by atoms with Crippen molar-refractivity contribution in [2.24, 2.45) is 11.8 Å². The lowest BCUT2D eigenvalue weighted by Gasteiger charge is -2.22. The molecule has 0 aliphatic heterocycles. The molecule has 1 fully saturated rings. The standard InChI is InChI=1S/C12H20N6O2/c1-8-10(18(19)20)11(16-12(15-8)17-13)14-7-9-5-3-2-4-6-9/h9H,2-7,13H2,1H3,(H2,14,15,16,17). The third kappa shape index (κ3) is 3.32. The lowest BCUT2D eigenvalue weighted by Crippen LogP contribution is -2.20.